The summed E-state index contributed by atoms with van der Waals surface area (Å²) < 4.78 is 62.0. The Morgan fingerprint density at radius 1 is 0.580 bits per heavy atom. The SMILES string of the molecule is CC(C)S(=O)(=O)c1ccc(-c2ccc3c(n2)Oc2ccccc2[C@@H]3C(C)(C)C(=O)NC#N)cc1.CC(C)S(=O)(=O)c1ccc(-c2ccc3c(n2)Oc2ccccc2[C@@H]3C(C)(C)C(=O)NC(N)=O)cc1. The van der Waals surface area contributed by atoms with Crippen molar-refractivity contribution in [2.24, 2.45) is 16.6 Å². The minimum atomic E-state index is -3.38. The van der Waals surface area contributed by atoms with Crippen molar-refractivity contribution in [1.82, 2.24) is 20.6 Å². The van der Waals surface area contributed by atoms with Gasteiger partial charge in [-0.25, -0.2) is 31.6 Å². The number of aromatic nitrogens is 2. The molecule has 0 unspecified atom stereocenters. The van der Waals surface area contributed by atoms with E-state index in [4.69, 9.17) is 30.4 Å². The third kappa shape index (κ3) is 9.54. The summed E-state index contributed by atoms with van der Waals surface area (Å²) in [5, 5.41) is 12.4. The quantitative estimate of drug-likeness (QED) is 0.0860. The highest BCUT2D eigenvalue weighted by Gasteiger charge is 2.46. The van der Waals surface area contributed by atoms with Gasteiger partial charge < -0.3 is 15.2 Å². The number of nitriles is 1. The summed E-state index contributed by atoms with van der Waals surface area (Å²) in [6, 6.07) is 34.4. The van der Waals surface area contributed by atoms with Crippen molar-refractivity contribution < 1.29 is 40.7 Å². The van der Waals surface area contributed by atoms with Crippen LogP contribution in [0.1, 0.15) is 89.5 Å². The number of primary amides is 1. The average molecular weight is 969 g/mol. The van der Waals surface area contributed by atoms with E-state index in [1.165, 1.54) is 0 Å². The molecule has 2 aromatic heterocycles. The summed E-state index contributed by atoms with van der Waals surface area (Å²) in [6.45, 7) is 13.6. The van der Waals surface area contributed by atoms with E-state index in [9.17, 15) is 31.2 Å². The highest BCUT2D eigenvalue weighted by atomic mass is 32.2. The summed E-state index contributed by atoms with van der Waals surface area (Å²) in [5.74, 6) is 0.122. The Kier molecular flexibility index (Phi) is 13.6. The van der Waals surface area contributed by atoms with Crippen LogP contribution in [0.2, 0.25) is 0 Å². The molecule has 356 valence electrons. The number of ether oxygens (including phenoxy) is 2. The standard InChI is InChI=1S/C26H27N3O5S.C26H25N3O4S/c1-15(2)35(32,33)17-11-9-16(10-12-17)20-14-13-19-22(26(3,4)24(30)29-25(27)31)18-7-5-6-8-21(18)34-23(19)28-20;1-16(2)34(31,32)18-11-9-17(10-12-18)21-14-13-20-23(26(3,4)25(30)28-15-27)19-7-5-6-8-22(19)33-24(20)29-21/h5-15,22H,1-4H3,(H3,27,29,30,31);5-14,16,23H,1-4H3,(H,28,30)/t22-;23-/m00/s1. The largest absolute Gasteiger partial charge is 0.438 e. The third-order valence-corrected chi connectivity index (χ3v) is 16.8. The van der Waals surface area contributed by atoms with Gasteiger partial charge in [-0.15, -0.1) is 0 Å². The van der Waals surface area contributed by atoms with Gasteiger partial charge in [0.25, 0.3) is 0 Å². The van der Waals surface area contributed by atoms with E-state index in [0.717, 1.165) is 27.8 Å². The van der Waals surface area contributed by atoms with Crippen LogP contribution in [0.3, 0.4) is 0 Å². The van der Waals surface area contributed by atoms with E-state index in [0.29, 0.717) is 40.2 Å². The molecular formula is C52H52N6O9S2. The summed E-state index contributed by atoms with van der Waals surface area (Å²) in [6.07, 6.45) is 1.72. The number of sulfone groups is 2. The number of amides is 4. The first-order valence-corrected chi connectivity index (χ1v) is 25.1. The molecule has 0 aliphatic carbocycles. The second-order valence-electron chi connectivity index (χ2n) is 18.4. The van der Waals surface area contributed by atoms with Crippen LogP contribution in [0.5, 0.6) is 23.3 Å². The molecular weight excluding hydrogens is 917 g/mol. The van der Waals surface area contributed by atoms with Gasteiger partial charge in [-0.3, -0.25) is 20.2 Å². The summed E-state index contributed by atoms with van der Waals surface area (Å²) in [5.41, 5.74) is 8.92. The van der Waals surface area contributed by atoms with Crippen LogP contribution in [-0.2, 0) is 29.3 Å². The molecule has 17 heteroatoms. The zero-order valence-corrected chi connectivity index (χ0v) is 40.9. The first-order valence-electron chi connectivity index (χ1n) is 22.0. The zero-order valence-electron chi connectivity index (χ0n) is 39.3. The Labute approximate surface area is 402 Å². The van der Waals surface area contributed by atoms with E-state index in [-0.39, 0.29) is 15.7 Å². The number of imide groups is 1. The second-order valence-corrected chi connectivity index (χ2v) is 23.4. The van der Waals surface area contributed by atoms with Crippen molar-refractivity contribution in [3.8, 4) is 52.0 Å². The molecule has 0 radical (unpaired) electrons. The lowest BCUT2D eigenvalue weighted by Crippen LogP contribution is -2.46. The van der Waals surface area contributed by atoms with Crippen LogP contribution in [0.25, 0.3) is 22.5 Å². The maximum atomic E-state index is 12.9. The molecule has 0 bridgehead atoms. The molecule has 4 amide bonds. The van der Waals surface area contributed by atoms with E-state index < -0.39 is 64.8 Å². The van der Waals surface area contributed by atoms with Gasteiger partial charge >= 0.3 is 6.03 Å². The van der Waals surface area contributed by atoms with Crippen molar-refractivity contribution >= 4 is 37.5 Å². The smallest absolute Gasteiger partial charge is 0.318 e. The molecule has 4 aromatic carbocycles. The van der Waals surface area contributed by atoms with Crippen LogP contribution in [0.15, 0.2) is 131 Å². The maximum absolute atomic E-state index is 12.9. The van der Waals surface area contributed by atoms with Gasteiger partial charge in [-0.2, -0.15) is 5.26 Å². The summed E-state index contributed by atoms with van der Waals surface area (Å²) in [4.78, 5) is 47.0. The van der Waals surface area contributed by atoms with E-state index in [1.54, 1.807) is 122 Å². The number of nitrogens with one attached hydrogen (secondary N) is 2. The number of fused-ring (bicyclic) bond motifs is 4. The van der Waals surface area contributed by atoms with Crippen molar-refractivity contribution in [3.05, 3.63) is 144 Å². The van der Waals surface area contributed by atoms with Crippen molar-refractivity contribution in [2.75, 3.05) is 0 Å². The number of hydrogen-bond donors (Lipinski definition) is 3. The van der Waals surface area contributed by atoms with E-state index in [2.05, 4.69) is 10.6 Å². The minimum Gasteiger partial charge on any atom is -0.438 e. The second kappa shape index (κ2) is 18.9. The van der Waals surface area contributed by atoms with Gasteiger partial charge in [0.2, 0.25) is 23.6 Å². The number of nitrogens with two attached hydrogens (primary N) is 1. The van der Waals surface area contributed by atoms with Crippen LogP contribution >= 0.6 is 0 Å². The number of para-hydroxylation sites is 2. The van der Waals surface area contributed by atoms with Gasteiger partial charge in [0, 0.05) is 45.2 Å². The number of hydrogen-bond acceptors (Lipinski definition) is 12. The van der Waals surface area contributed by atoms with E-state index >= 15 is 0 Å². The van der Waals surface area contributed by atoms with Gasteiger partial charge in [-0.1, -0.05) is 100 Å². The van der Waals surface area contributed by atoms with Crippen LogP contribution in [-0.4, -0.2) is 55.1 Å². The first kappa shape index (κ1) is 49.5. The number of carbonyl (C=O) groups excluding carboxylic acids is 3. The number of rotatable bonds is 10. The predicted octanol–water partition coefficient (Wildman–Crippen LogP) is 9.18. The lowest BCUT2D eigenvalue weighted by atomic mass is 9.69. The van der Waals surface area contributed by atoms with Gasteiger partial charge in [0.15, 0.2) is 25.9 Å². The average Bonchev–Trinajstić information content (AvgIpc) is 3.32. The highest BCUT2D eigenvalue weighted by Crippen LogP contribution is 2.53. The Hall–Kier alpha value is -7.42. The lowest BCUT2D eigenvalue weighted by Gasteiger charge is -2.37. The molecule has 6 aromatic rings. The molecule has 4 heterocycles. The Morgan fingerprint density at radius 3 is 1.32 bits per heavy atom. The van der Waals surface area contributed by atoms with Crippen molar-refractivity contribution in [2.45, 2.75) is 87.5 Å². The van der Waals surface area contributed by atoms with Gasteiger partial charge in [0.05, 0.1) is 42.5 Å². The Bertz CT molecular complexity index is 3250. The number of carbonyl (C=O) groups is 3. The molecule has 15 nitrogen and oxygen atoms in total. The third-order valence-electron chi connectivity index (χ3n) is 12.5. The van der Waals surface area contributed by atoms with Crippen LogP contribution in [0.4, 0.5) is 4.79 Å². The Balaban J connectivity index is 0.000000204. The van der Waals surface area contributed by atoms with Crippen molar-refractivity contribution in [3.63, 3.8) is 0 Å². The number of nitrogens with zero attached hydrogens (tertiary/aromatic N) is 3. The molecule has 69 heavy (non-hydrogen) atoms. The molecule has 8 rings (SSSR count). The number of pyridine rings is 2. The molecule has 0 fully saturated rings. The summed E-state index contributed by atoms with van der Waals surface area (Å²) in [7, 11) is -6.75. The van der Waals surface area contributed by atoms with Gasteiger partial charge in [0.1, 0.15) is 11.5 Å². The molecule has 2 atom stereocenters. The molecule has 0 saturated heterocycles. The Morgan fingerprint density at radius 2 is 0.957 bits per heavy atom. The number of urea groups is 1. The predicted molar refractivity (Wildman–Crippen MR) is 260 cm³/mol. The van der Waals surface area contributed by atoms with E-state index in [1.807, 2.05) is 60.7 Å². The van der Waals surface area contributed by atoms with Gasteiger partial charge in [-0.05, 0) is 76.2 Å². The summed E-state index contributed by atoms with van der Waals surface area (Å²) >= 11 is 0. The van der Waals surface area contributed by atoms with Crippen LogP contribution < -0.4 is 25.8 Å². The molecule has 0 spiro atoms. The zero-order chi connectivity index (χ0) is 50.2. The first-order chi connectivity index (χ1) is 32.5. The highest BCUT2D eigenvalue weighted by molar-refractivity contribution is 7.92. The fourth-order valence-corrected chi connectivity index (χ4v) is 10.6. The fourth-order valence-electron chi connectivity index (χ4n) is 8.47. The topological polar surface area (TPSA) is 238 Å². The molecule has 0 saturated carbocycles. The molecule has 2 aliphatic rings. The molecule has 4 N–H and O–H groups in total. The maximum Gasteiger partial charge on any atom is 0.318 e. The fraction of sp³-hybridized carbons (Fsp3) is 0.269. The van der Waals surface area contributed by atoms with Crippen LogP contribution in [0, 0.1) is 22.3 Å². The normalized spacial score (nSPS) is 15.0. The lowest BCUT2D eigenvalue weighted by molar-refractivity contribution is -0.129. The monoisotopic (exact) mass is 968 g/mol. The minimum absolute atomic E-state index is 0.252. The van der Waals surface area contributed by atoms with Crippen molar-refractivity contribution in [1.29, 1.82) is 5.26 Å². The molecule has 2 aliphatic heterocycles. The number of benzene rings is 4.